The fourth-order valence-corrected chi connectivity index (χ4v) is 2.94. The number of rotatable bonds is 4. The van der Waals surface area contributed by atoms with Crippen LogP contribution in [0.25, 0.3) is 0 Å². The largest absolute Gasteiger partial charge is 0.321 e. The summed E-state index contributed by atoms with van der Waals surface area (Å²) >= 11 is 7.67. The van der Waals surface area contributed by atoms with Gasteiger partial charge in [0.2, 0.25) is 5.56 Å². The standard InChI is InChI=1S/C16H17ClN2O2S/c1-10(2)22-14-6-5-12(17)8-13(14)18-16(21)11-4-7-15(20)19(3)9-11/h4-10H,1-3H3,(H,18,21). The summed E-state index contributed by atoms with van der Waals surface area (Å²) in [5.74, 6) is -0.275. The zero-order chi connectivity index (χ0) is 16.3. The molecule has 116 valence electrons. The summed E-state index contributed by atoms with van der Waals surface area (Å²) in [6.45, 7) is 4.16. The minimum Gasteiger partial charge on any atom is -0.321 e. The average Bonchev–Trinajstić information content (AvgIpc) is 2.44. The number of hydrogen-bond donors (Lipinski definition) is 1. The number of anilines is 1. The first-order chi connectivity index (χ1) is 10.4. The number of carbonyl (C=O) groups excluding carboxylic acids is 1. The zero-order valence-corrected chi connectivity index (χ0v) is 14.2. The van der Waals surface area contributed by atoms with Gasteiger partial charge in [0.05, 0.1) is 11.3 Å². The lowest BCUT2D eigenvalue weighted by Crippen LogP contribution is -2.19. The Kier molecular flexibility index (Phi) is 5.32. The number of amides is 1. The van der Waals surface area contributed by atoms with Crippen LogP contribution in [0.1, 0.15) is 24.2 Å². The maximum Gasteiger partial charge on any atom is 0.257 e. The Hall–Kier alpha value is -1.72. The van der Waals surface area contributed by atoms with Gasteiger partial charge < -0.3 is 9.88 Å². The van der Waals surface area contributed by atoms with Crippen molar-refractivity contribution in [1.29, 1.82) is 0 Å². The average molecular weight is 337 g/mol. The Bertz CT molecular complexity index is 756. The summed E-state index contributed by atoms with van der Waals surface area (Å²) in [4.78, 5) is 24.7. The molecule has 2 aromatic rings. The number of halogens is 1. The lowest BCUT2D eigenvalue weighted by atomic mass is 10.2. The van der Waals surface area contributed by atoms with E-state index in [1.54, 1.807) is 30.9 Å². The lowest BCUT2D eigenvalue weighted by Gasteiger charge is -2.13. The molecule has 2 rings (SSSR count). The van der Waals surface area contributed by atoms with E-state index in [0.717, 1.165) is 4.90 Å². The van der Waals surface area contributed by atoms with Crippen LogP contribution in [0.2, 0.25) is 5.02 Å². The monoisotopic (exact) mass is 336 g/mol. The van der Waals surface area contributed by atoms with E-state index in [-0.39, 0.29) is 11.5 Å². The molecular weight excluding hydrogens is 320 g/mol. The third-order valence-corrected chi connectivity index (χ3v) is 4.22. The molecule has 6 heteroatoms. The van der Waals surface area contributed by atoms with Crippen LogP contribution in [0.5, 0.6) is 0 Å². The second-order valence-corrected chi connectivity index (χ2v) is 7.18. The molecule has 0 bridgehead atoms. The van der Waals surface area contributed by atoms with E-state index in [2.05, 4.69) is 19.2 Å². The first-order valence-electron chi connectivity index (χ1n) is 6.81. The second kappa shape index (κ2) is 7.03. The van der Waals surface area contributed by atoms with Gasteiger partial charge in [0.25, 0.3) is 5.91 Å². The molecule has 0 radical (unpaired) electrons. The molecule has 1 aromatic carbocycles. The van der Waals surface area contributed by atoms with Crippen molar-refractivity contribution in [1.82, 2.24) is 4.57 Å². The molecular formula is C16H17ClN2O2S. The number of aryl methyl sites for hydroxylation is 1. The van der Waals surface area contributed by atoms with Crippen molar-refractivity contribution in [2.75, 3.05) is 5.32 Å². The van der Waals surface area contributed by atoms with Crippen molar-refractivity contribution in [2.45, 2.75) is 24.0 Å². The number of carbonyl (C=O) groups is 1. The van der Waals surface area contributed by atoms with E-state index in [1.165, 1.54) is 22.9 Å². The number of aromatic nitrogens is 1. The molecule has 0 spiro atoms. The maximum atomic E-state index is 12.3. The van der Waals surface area contributed by atoms with Crippen molar-refractivity contribution < 1.29 is 4.79 Å². The highest BCUT2D eigenvalue weighted by Gasteiger charge is 2.12. The van der Waals surface area contributed by atoms with Gasteiger partial charge >= 0.3 is 0 Å². The lowest BCUT2D eigenvalue weighted by molar-refractivity contribution is 0.102. The number of nitrogens with one attached hydrogen (secondary N) is 1. The van der Waals surface area contributed by atoms with Gasteiger partial charge in [-0.25, -0.2) is 0 Å². The minimum absolute atomic E-state index is 0.157. The van der Waals surface area contributed by atoms with E-state index < -0.39 is 0 Å². The predicted molar refractivity (Wildman–Crippen MR) is 92.1 cm³/mol. The molecule has 4 nitrogen and oxygen atoms in total. The number of thioether (sulfide) groups is 1. The summed E-state index contributed by atoms with van der Waals surface area (Å²) in [6, 6.07) is 8.30. The summed E-state index contributed by atoms with van der Waals surface area (Å²) in [5.41, 5.74) is 0.933. The fourth-order valence-electron chi connectivity index (χ4n) is 1.88. The van der Waals surface area contributed by atoms with E-state index in [1.807, 2.05) is 6.07 Å². The van der Waals surface area contributed by atoms with Gasteiger partial charge in [-0.3, -0.25) is 9.59 Å². The number of pyridine rings is 1. The number of nitrogens with zero attached hydrogens (tertiary/aromatic N) is 1. The van der Waals surface area contributed by atoms with Crippen LogP contribution in [0.4, 0.5) is 5.69 Å². The highest BCUT2D eigenvalue weighted by Crippen LogP contribution is 2.32. The Morgan fingerprint density at radius 3 is 2.64 bits per heavy atom. The predicted octanol–water partition coefficient (Wildman–Crippen LogP) is 3.79. The van der Waals surface area contributed by atoms with Gasteiger partial charge in [-0.05, 0) is 24.3 Å². The van der Waals surface area contributed by atoms with Crippen LogP contribution in [0.15, 0.2) is 46.2 Å². The van der Waals surface area contributed by atoms with Crippen LogP contribution < -0.4 is 10.9 Å². The van der Waals surface area contributed by atoms with Crippen molar-refractivity contribution >= 4 is 35.0 Å². The van der Waals surface area contributed by atoms with Crippen LogP contribution in [-0.2, 0) is 7.05 Å². The molecule has 1 aromatic heterocycles. The Labute approximate surface area is 138 Å². The van der Waals surface area contributed by atoms with Gasteiger partial charge in [0.15, 0.2) is 0 Å². The van der Waals surface area contributed by atoms with Gasteiger partial charge in [-0.15, -0.1) is 11.8 Å². The van der Waals surface area contributed by atoms with Crippen LogP contribution in [-0.4, -0.2) is 15.7 Å². The Balaban J connectivity index is 2.29. The van der Waals surface area contributed by atoms with Crippen molar-refractivity contribution in [3.8, 4) is 0 Å². The summed E-state index contributed by atoms with van der Waals surface area (Å²) in [5, 5.41) is 3.80. The molecule has 0 saturated heterocycles. The molecule has 1 amide bonds. The van der Waals surface area contributed by atoms with Crippen LogP contribution in [0, 0.1) is 0 Å². The molecule has 1 heterocycles. The summed E-state index contributed by atoms with van der Waals surface area (Å²) in [6.07, 6.45) is 1.51. The minimum atomic E-state index is -0.275. The van der Waals surface area contributed by atoms with Crippen LogP contribution >= 0.6 is 23.4 Å². The molecule has 0 aliphatic rings. The van der Waals surface area contributed by atoms with Crippen molar-refractivity contribution in [3.63, 3.8) is 0 Å². The number of hydrogen-bond acceptors (Lipinski definition) is 3. The fraction of sp³-hybridized carbons (Fsp3) is 0.250. The first kappa shape index (κ1) is 16.6. The zero-order valence-electron chi connectivity index (χ0n) is 12.6. The third-order valence-electron chi connectivity index (χ3n) is 2.90. The van der Waals surface area contributed by atoms with E-state index >= 15 is 0 Å². The van der Waals surface area contributed by atoms with Gasteiger partial charge in [0, 0.05) is 34.5 Å². The van der Waals surface area contributed by atoms with Gasteiger partial charge in [-0.2, -0.15) is 0 Å². The van der Waals surface area contributed by atoms with Gasteiger partial charge in [0.1, 0.15) is 0 Å². The Morgan fingerprint density at radius 1 is 1.27 bits per heavy atom. The molecule has 0 fully saturated rings. The highest BCUT2D eigenvalue weighted by molar-refractivity contribution is 8.00. The van der Waals surface area contributed by atoms with Gasteiger partial charge in [-0.1, -0.05) is 25.4 Å². The molecule has 0 unspecified atom stereocenters. The van der Waals surface area contributed by atoms with Crippen molar-refractivity contribution in [3.05, 3.63) is 57.5 Å². The summed E-state index contributed by atoms with van der Waals surface area (Å²) in [7, 11) is 1.61. The number of benzene rings is 1. The highest BCUT2D eigenvalue weighted by atomic mass is 35.5. The molecule has 0 aliphatic carbocycles. The Morgan fingerprint density at radius 2 is 2.00 bits per heavy atom. The molecule has 0 saturated carbocycles. The SMILES string of the molecule is CC(C)Sc1ccc(Cl)cc1NC(=O)c1ccc(=O)n(C)c1. The molecule has 0 aliphatic heterocycles. The topological polar surface area (TPSA) is 51.1 Å². The van der Waals surface area contributed by atoms with E-state index in [0.29, 0.717) is 21.5 Å². The quantitative estimate of drug-likeness (QED) is 0.864. The molecule has 1 N–H and O–H groups in total. The first-order valence-corrected chi connectivity index (χ1v) is 8.07. The van der Waals surface area contributed by atoms with Crippen LogP contribution in [0.3, 0.4) is 0 Å². The smallest absolute Gasteiger partial charge is 0.257 e. The second-order valence-electron chi connectivity index (χ2n) is 5.13. The van der Waals surface area contributed by atoms with E-state index in [9.17, 15) is 9.59 Å². The third kappa shape index (κ3) is 4.15. The maximum absolute atomic E-state index is 12.3. The summed E-state index contributed by atoms with van der Waals surface area (Å²) < 4.78 is 1.37. The molecule has 22 heavy (non-hydrogen) atoms. The normalized spacial score (nSPS) is 10.8. The van der Waals surface area contributed by atoms with Crippen molar-refractivity contribution in [2.24, 2.45) is 7.05 Å². The molecule has 0 atom stereocenters. The van der Waals surface area contributed by atoms with E-state index in [4.69, 9.17) is 11.6 Å².